The van der Waals surface area contributed by atoms with Crippen molar-refractivity contribution in [3.05, 3.63) is 35.9 Å². The van der Waals surface area contributed by atoms with Crippen LogP contribution >= 0.6 is 0 Å². The maximum Gasteiger partial charge on any atom is 0.254 e. The summed E-state index contributed by atoms with van der Waals surface area (Å²) in [7, 11) is 3.85. The highest BCUT2D eigenvalue weighted by Crippen LogP contribution is 2.20. The van der Waals surface area contributed by atoms with Crippen molar-refractivity contribution >= 4 is 28.8 Å². The molecule has 0 bridgehead atoms. The van der Waals surface area contributed by atoms with Crippen LogP contribution in [-0.2, 0) is 0 Å². The van der Waals surface area contributed by atoms with E-state index in [-0.39, 0.29) is 11.8 Å². The fourth-order valence-electron chi connectivity index (χ4n) is 3.33. The second-order valence-electron chi connectivity index (χ2n) is 7.76. The van der Waals surface area contributed by atoms with Crippen LogP contribution < -0.4 is 9.80 Å². The first kappa shape index (κ1) is 19.1. The lowest BCUT2D eigenvalue weighted by molar-refractivity contribution is 0.0746. The lowest BCUT2D eigenvalue weighted by Crippen LogP contribution is -2.49. The first-order valence-corrected chi connectivity index (χ1v) is 9.83. The molecule has 1 fully saturated rings. The minimum Gasteiger partial charge on any atom is -0.347 e. The Morgan fingerprint density at radius 1 is 1.10 bits per heavy atom. The lowest BCUT2D eigenvalue weighted by Gasteiger charge is -2.35. The van der Waals surface area contributed by atoms with E-state index in [1.807, 2.05) is 42.1 Å². The summed E-state index contributed by atoms with van der Waals surface area (Å²) in [5.74, 6) is 2.37. The van der Waals surface area contributed by atoms with E-state index in [9.17, 15) is 4.79 Å². The van der Waals surface area contributed by atoms with Crippen molar-refractivity contribution in [2.75, 3.05) is 50.1 Å². The Kier molecular flexibility index (Phi) is 5.04. The Balaban J connectivity index is 1.48. The van der Waals surface area contributed by atoms with Gasteiger partial charge in [0.2, 0.25) is 11.9 Å². The molecule has 1 saturated heterocycles. The van der Waals surface area contributed by atoms with E-state index in [0.717, 1.165) is 16.9 Å². The topological polar surface area (TPSA) is 94.1 Å². The maximum absolute atomic E-state index is 12.9. The summed E-state index contributed by atoms with van der Waals surface area (Å²) in [5, 5.41) is 0. The zero-order chi connectivity index (χ0) is 20.5. The largest absolute Gasteiger partial charge is 0.347 e. The second kappa shape index (κ2) is 7.65. The first-order chi connectivity index (χ1) is 13.9. The number of nitrogens with one attached hydrogen (secondary N) is 1. The van der Waals surface area contributed by atoms with Crippen molar-refractivity contribution in [3.63, 3.8) is 0 Å². The van der Waals surface area contributed by atoms with Crippen LogP contribution in [-0.4, -0.2) is 76.0 Å². The molecular formula is C20H26N8O. The predicted molar refractivity (Wildman–Crippen MR) is 112 cm³/mol. The Morgan fingerprint density at radius 3 is 2.55 bits per heavy atom. The van der Waals surface area contributed by atoms with Gasteiger partial charge in [0, 0.05) is 51.8 Å². The lowest BCUT2D eigenvalue weighted by atomic mass is 10.1. The number of amides is 1. The molecule has 0 atom stereocenters. The Bertz CT molecular complexity index is 994. The highest BCUT2D eigenvalue weighted by atomic mass is 16.2. The van der Waals surface area contributed by atoms with Crippen molar-refractivity contribution in [1.29, 1.82) is 0 Å². The summed E-state index contributed by atoms with van der Waals surface area (Å²) in [4.78, 5) is 39.9. The molecule has 152 valence electrons. The number of carbonyl (C=O) groups excluding carboxylic acids is 1. The molecule has 1 N–H and O–H groups in total. The Morgan fingerprint density at radius 2 is 1.86 bits per heavy atom. The number of hydrogen-bond acceptors (Lipinski definition) is 7. The van der Waals surface area contributed by atoms with Gasteiger partial charge in [-0.1, -0.05) is 13.8 Å². The zero-order valence-electron chi connectivity index (χ0n) is 17.3. The Labute approximate surface area is 169 Å². The fraction of sp³-hybridized carbons (Fsp3) is 0.450. The summed E-state index contributed by atoms with van der Waals surface area (Å²) in [6.45, 7) is 6.77. The van der Waals surface area contributed by atoms with Gasteiger partial charge in [-0.2, -0.15) is 15.0 Å². The molecule has 0 unspecified atom stereocenters. The highest BCUT2D eigenvalue weighted by Gasteiger charge is 2.25. The molecule has 9 nitrogen and oxygen atoms in total. The van der Waals surface area contributed by atoms with Gasteiger partial charge in [0.15, 0.2) is 0 Å². The number of H-pyrrole nitrogens is 1. The van der Waals surface area contributed by atoms with E-state index >= 15 is 0 Å². The van der Waals surface area contributed by atoms with Crippen molar-refractivity contribution < 1.29 is 4.79 Å². The summed E-state index contributed by atoms with van der Waals surface area (Å²) in [6, 6.07) is 5.57. The number of fused-ring (bicyclic) bond motifs is 1. The van der Waals surface area contributed by atoms with Gasteiger partial charge in [-0.15, -0.1) is 0 Å². The van der Waals surface area contributed by atoms with Crippen molar-refractivity contribution in [1.82, 2.24) is 29.8 Å². The summed E-state index contributed by atoms with van der Waals surface area (Å²) < 4.78 is 0. The van der Waals surface area contributed by atoms with Crippen LogP contribution in [0, 0.1) is 0 Å². The number of nitrogens with zero attached hydrogens (tertiary/aromatic N) is 7. The molecule has 3 heterocycles. The highest BCUT2D eigenvalue weighted by molar-refractivity contribution is 5.97. The third kappa shape index (κ3) is 3.85. The molecule has 1 amide bonds. The van der Waals surface area contributed by atoms with E-state index in [1.54, 1.807) is 6.33 Å². The van der Waals surface area contributed by atoms with Crippen LogP contribution in [0.1, 0.15) is 35.9 Å². The van der Waals surface area contributed by atoms with Gasteiger partial charge in [0.1, 0.15) is 5.82 Å². The van der Waals surface area contributed by atoms with Gasteiger partial charge in [-0.3, -0.25) is 4.79 Å². The van der Waals surface area contributed by atoms with Crippen LogP contribution in [0.3, 0.4) is 0 Å². The monoisotopic (exact) mass is 394 g/mol. The summed E-state index contributed by atoms with van der Waals surface area (Å²) >= 11 is 0. The van der Waals surface area contributed by atoms with Gasteiger partial charge < -0.3 is 19.7 Å². The van der Waals surface area contributed by atoms with Gasteiger partial charge in [0.05, 0.1) is 17.4 Å². The molecule has 29 heavy (non-hydrogen) atoms. The molecule has 3 aromatic rings. The molecule has 4 rings (SSSR count). The van der Waals surface area contributed by atoms with Crippen LogP contribution in [0.25, 0.3) is 11.0 Å². The molecule has 0 aliphatic carbocycles. The van der Waals surface area contributed by atoms with E-state index in [4.69, 9.17) is 0 Å². The quantitative estimate of drug-likeness (QED) is 0.722. The molecule has 1 aliphatic heterocycles. The number of benzene rings is 1. The summed E-state index contributed by atoms with van der Waals surface area (Å²) in [5.41, 5.74) is 2.41. The van der Waals surface area contributed by atoms with Gasteiger partial charge in [-0.25, -0.2) is 4.98 Å². The van der Waals surface area contributed by atoms with Crippen molar-refractivity contribution in [3.8, 4) is 0 Å². The van der Waals surface area contributed by atoms with Crippen LogP contribution in [0.4, 0.5) is 11.9 Å². The molecule has 9 heteroatoms. The van der Waals surface area contributed by atoms with E-state index in [0.29, 0.717) is 43.6 Å². The molecule has 0 saturated carbocycles. The van der Waals surface area contributed by atoms with E-state index in [1.165, 1.54) is 0 Å². The minimum atomic E-state index is 0.0358. The third-order valence-electron chi connectivity index (χ3n) is 5.06. The predicted octanol–water partition coefficient (Wildman–Crippen LogP) is 1.90. The molecule has 1 aromatic carbocycles. The maximum atomic E-state index is 12.9. The molecule has 0 radical (unpaired) electrons. The number of carbonyl (C=O) groups is 1. The van der Waals surface area contributed by atoms with Gasteiger partial charge in [0.25, 0.3) is 5.91 Å². The number of aromatic amines is 1. The number of imidazole rings is 1. The SMILES string of the molecule is CC(C)c1nc(N(C)C)nc(N2CCN(C(=O)c3ccc4nc[nH]c4c3)CC2)n1. The smallest absolute Gasteiger partial charge is 0.254 e. The number of hydrogen-bond donors (Lipinski definition) is 1. The van der Waals surface area contributed by atoms with Crippen molar-refractivity contribution in [2.24, 2.45) is 0 Å². The van der Waals surface area contributed by atoms with Crippen molar-refractivity contribution in [2.45, 2.75) is 19.8 Å². The molecule has 2 aromatic heterocycles. The number of anilines is 2. The number of rotatable bonds is 4. The fourth-order valence-corrected chi connectivity index (χ4v) is 3.33. The Hall–Kier alpha value is -3.23. The van der Waals surface area contributed by atoms with E-state index in [2.05, 4.69) is 43.7 Å². The average Bonchev–Trinajstić information content (AvgIpc) is 3.20. The van der Waals surface area contributed by atoms with Crippen LogP contribution in [0.5, 0.6) is 0 Å². The standard InChI is InChI=1S/C20H26N8O/c1-13(2)17-23-19(26(3)4)25-20(24-17)28-9-7-27(8-10-28)18(29)14-5-6-15-16(11-14)22-12-21-15/h5-6,11-13H,7-10H2,1-4H3,(H,21,22). The van der Waals surface area contributed by atoms with Crippen LogP contribution in [0.2, 0.25) is 0 Å². The molecule has 1 aliphatic rings. The van der Waals surface area contributed by atoms with Gasteiger partial charge >= 0.3 is 0 Å². The second-order valence-corrected chi connectivity index (χ2v) is 7.76. The van der Waals surface area contributed by atoms with Crippen LogP contribution in [0.15, 0.2) is 24.5 Å². The summed E-state index contributed by atoms with van der Waals surface area (Å²) in [6.07, 6.45) is 1.64. The first-order valence-electron chi connectivity index (χ1n) is 9.83. The van der Waals surface area contributed by atoms with E-state index < -0.39 is 0 Å². The normalized spacial score (nSPS) is 14.7. The number of aromatic nitrogens is 5. The van der Waals surface area contributed by atoms with Gasteiger partial charge in [-0.05, 0) is 18.2 Å². The molecule has 0 spiro atoms. The zero-order valence-corrected chi connectivity index (χ0v) is 17.3. The number of piperazine rings is 1. The minimum absolute atomic E-state index is 0.0358. The average molecular weight is 394 g/mol. The third-order valence-corrected chi connectivity index (χ3v) is 5.06. The molecular weight excluding hydrogens is 368 g/mol.